The van der Waals surface area contributed by atoms with Crippen LogP contribution in [-0.4, -0.2) is 36.9 Å². The molecule has 1 aromatic heterocycles. The van der Waals surface area contributed by atoms with Crippen molar-refractivity contribution in [3.63, 3.8) is 0 Å². The number of aryl methyl sites for hydroxylation is 1. The summed E-state index contributed by atoms with van der Waals surface area (Å²) in [5, 5.41) is 0.635. The van der Waals surface area contributed by atoms with Crippen molar-refractivity contribution < 1.29 is 23.9 Å². The number of carbonyl (C=O) groups excluding carboxylic acids is 3. The lowest BCUT2D eigenvalue weighted by Crippen LogP contribution is -2.14. The van der Waals surface area contributed by atoms with Crippen LogP contribution in [0, 0.1) is 6.92 Å². The molecule has 0 radical (unpaired) electrons. The van der Waals surface area contributed by atoms with Gasteiger partial charge in [0, 0.05) is 10.6 Å². The van der Waals surface area contributed by atoms with Crippen LogP contribution in [-0.2, 0) is 9.47 Å². The average molecular weight is 418 g/mol. The maximum Gasteiger partial charge on any atom is 0.341 e. The molecule has 6 nitrogen and oxygen atoms in total. The maximum atomic E-state index is 12.9. The van der Waals surface area contributed by atoms with Crippen LogP contribution >= 0.6 is 22.9 Å². The van der Waals surface area contributed by atoms with Gasteiger partial charge in [-0.1, -0.05) is 23.7 Å². The van der Waals surface area contributed by atoms with Gasteiger partial charge in [-0.3, -0.25) is 4.79 Å². The summed E-state index contributed by atoms with van der Waals surface area (Å²) in [4.78, 5) is 41.1. The Morgan fingerprint density at radius 1 is 1.25 bits per heavy atom. The molecule has 0 amide bonds. The zero-order valence-corrected chi connectivity index (χ0v) is 16.9. The summed E-state index contributed by atoms with van der Waals surface area (Å²) >= 11 is 7.25. The molecule has 2 aromatic carbocycles. The second kappa shape index (κ2) is 8.08. The number of rotatable bonds is 5. The van der Waals surface area contributed by atoms with Gasteiger partial charge in [-0.25, -0.2) is 14.6 Å². The molecule has 0 aliphatic heterocycles. The predicted molar refractivity (Wildman–Crippen MR) is 107 cm³/mol. The number of carbonyl (C=O) groups is 3. The van der Waals surface area contributed by atoms with Crippen molar-refractivity contribution in [2.45, 2.75) is 13.8 Å². The van der Waals surface area contributed by atoms with Gasteiger partial charge in [-0.05, 0) is 37.1 Å². The van der Waals surface area contributed by atoms with E-state index < -0.39 is 11.9 Å². The van der Waals surface area contributed by atoms with Crippen LogP contribution in [0.4, 0.5) is 0 Å². The minimum Gasteiger partial charge on any atom is -0.465 e. The Kier molecular flexibility index (Phi) is 5.76. The highest BCUT2D eigenvalue weighted by molar-refractivity contribution is 7.20. The van der Waals surface area contributed by atoms with E-state index in [1.54, 1.807) is 38.1 Å². The van der Waals surface area contributed by atoms with Crippen LogP contribution in [0.2, 0.25) is 5.02 Å². The second-order valence-corrected chi connectivity index (χ2v) is 7.29. The third kappa shape index (κ3) is 3.39. The number of hydrogen-bond acceptors (Lipinski definition) is 7. The third-order valence-corrected chi connectivity index (χ3v) is 5.51. The quantitative estimate of drug-likeness (QED) is 0.442. The van der Waals surface area contributed by atoms with Gasteiger partial charge in [0.05, 0.1) is 35.1 Å². The zero-order chi connectivity index (χ0) is 20.4. The summed E-state index contributed by atoms with van der Waals surface area (Å²) in [6.45, 7) is 3.55. The number of benzene rings is 2. The first-order chi connectivity index (χ1) is 13.4. The van der Waals surface area contributed by atoms with Gasteiger partial charge in [0.1, 0.15) is 0 Å². The molecule has 0 aliphatic carbocycles. The fourth-order valence-corrected chi connectivity index (χ4v) is 4.13. The van der Waals surface area contributed by atoms with Gasteiger partial charge < -0.3 is 9.47 Å². The van der Waals surface area contributed by atoms with E-state index in [1.165, 1.54) is 7.11 Å². The molecule has 0 fully saturated rings. The van der Waals surface area contributed by atoms with Crippen molar-refractivity contribution in [1.82, 2.24) is 4.98 Å². The molecule has 0 bridgehead atoms. The number of nitrogens with zero attached hydrogens (tertiary/aromatic N) is 1. The first-order valence-electron chi connectivity index (χ1n) is 8.36. The number of halogens is 1. The maximum absolute atomic E-state index is 12.9. The van der Waals surface area contributed by atoms with Crippen molar-refractivity contribution in [1.29, 1.82) is 0 Å². The molecule has 0 aliphatic rings. The minimum atomic E-state index is -0.643. The topological polar surface area (TPSA) is 82.6 Å². The summed E-state index contributed by atoms with van der Waals surface area (Å²) in [6, 6.07) is 6.77. The predicted octanol–water partition coefficient (Wildman–Crippen LogP) is 4.70. The van der Waals surface area contributed by atoms with Gasteiger partial charge in [0.2, 0.25) is 0 Å². The average Bonchev–Trinajstić information content (AvgIpc) is 3.12. The molecule has 0 saturated carbocycles. The highest BCUT2D eigenvalue weighted by Gasteiger charge is 2.30. The molecule has 1 heterocycles. The number of thiazole rings is 1. The lowest BCUT2D eigenvalue weighted by molar-refractivity contribution is 0.0529. The molecule has 3 aromatic rings. The lowest BCUT2D eigenvalue weighted by Gasteiger charge is -2.17. The van der Waals surface area contributed by atoms with E-state index in [-0.39, 0.29) is 22.7 Å². The zero-order valence-electron chi connectivity index (χ0n) is 15.4. The lowest BCUT2D eigenvalue weighted by atomic mass is 9.90. The van der Waals surface area contributed by atoms with Crippen LogP contribution in [0.5, 0.6) is 0 Å². The number of aldehydes is 1. The van der Waals surface area contributed by atoms with Gasteiger partial charge in [0.15, 0.2) is 11.3 Å². The molecule has 0 unspecified atom stereocenters. The Labute approximate surface area is 170 Å². The van der Waals surface area contributed by atoms with E-state index in [0.29, 0.717) is 38.2 Å². The summed E-state index contributed by atoms with van der Waals surface area (Å²) < 4.78 is 10.8. The molecule has 0 atom stereocenters. The van der Waals surface area contributed by atoms with E-state index in [1.807, 2.05) is 0 Å². The molecule has 3 rings (SSSR count). The number of ether oxygens (including phenoxy) is 2. The standard InChI is InChI=1S/C20H16ClNO5S/c1-4-27-20(25)16-15(11-6-5-7-12(21)8-11)14(19(24)26-3)10(2)18-17(16)22-13(9-23)28-18/h5-9H,4H2,1-3H3. The van der Waals surface area contributed by atoms with Crippen molar-refractivity contribution in [2.75, 3.05) is 13.7 Å². The SMILES string of the molecule is CCOC(=O)c1c(-c2cccc(Cl)c2)c(C(=O)OC)c(C)c2sc(C=O)nc12. The van der Waals surface area contributed by atoms with Crippen LogP contribution in [0.3, 0.4) is 0 Å². The molecule has 28 heavy (non-hydrogen) atoms. The molecule has 144 valence electrons. The van der Waals surface area contributed by atoms with E-state index in [4.69, 9.17) is 21.1 Å². The van der Waals surface area contributed by atoms with Crippen molar-refractivity contribution in [3.05, 3.63) is 51.0 Å². The summed E-state index contributed by atoms with van der Waals surface area (Å²) in [5.74, 6) is -1.25. The van der Waals surface area contributed by atoms with Crippen LogP contribution < -0.4 is 0 Å². The number of methoxy groups -OCH3 is 1. The molecular weight excluding hydrogens is 402 g/mol. The fourth-order valence-electron chi connectivity index (χ4n) is 3.05. The molecular formula is C20H16ClNO5S. The van der Waals surface area contributed by atoms with Gasteiger partial charge in [-0.15, -0.1) is 11.3 Å². The fraction of sp³-hybridized carbons (Fsp3) is 0.200. The third-order valence-electron chi connectivity index (χ3n) is 4.18. The smallest absolute Gasteiger partial charge is 0.341 e. The summed E-state index contributed by atoms with van der Waals surface area (Å²) in [7, 11) is 1.27. The Morgan fingerprint density at radius 3 is 2.61 bits per heavy atom. The van der Waals surface area contributed by atoms with Crippen molar-refractivity contribution in [3.8, 4) is 11.1 Å². The van der Waals surface area contributed by atoms with Crippen molar-refractivity contribution in [2.24, 2.45) is 0 Å². The Hall–Kier alpha value is -2.77. The molecule has 0 spiro atoms. The highest BCUT2D eigenvalue weighted by Crippen LogP contribution is 2.40. The van der Waals surface area contributed by atoms with Crippen LogP contribution in [0.25, 0.3) is 21.3 Å². The number of esters is 2. The van der Waals surface area contributed by atoms with Crippen molar-refractivity contribution >= 4 is 51.4 Å². The monoisotopic (exact) mass is 417 g/mol. The minimum absolute atomic E-state index is 0.106. The number of fused-ring (bicyclic) bond motifs is 1. The Morgan fingerprint density at radius 2 is 2.00 bits per heavy atom. The van der Waals surface area contributed by atoms with Gasteiger partial charge in [-0.2, -0.15) is 0 Å². The number of aromatic nitrogens is 1. The molecule has 8 heteroatoms. The summed E-state index contributed by atoms with van der Waals surface area (Å²) in [6.07, 6.45) is 0.607. The Bertz CT molecular complexity index is 1110. The Balaban J connectivity index is 2.55. The van der Waals surface area contributed by atoms with E-state index in [9.17, 15) is 14.4 Å². The second-order valence-electron chi connectivity index (χ2n) is 5.82. The largest absolute Gasteiger partial charge is 0.465 e. The normalized spacial score (nSPS) is 10.7. The van der Waals surface area contributed by atoms with E-state index in [2.05, 4.69) is 4.98 Å². The number of hydrogen-bond donors (Lipinski definition) is 0. The van der Waals surface area contributed by atoms with Gasteiger partial charge in [0.25, 0.3) is 0 Å². The first-order valence-corrected chi connectivity index (χ1v) is 9.56. The van der Waals surface area contributed by atoms with E-state index >= 15 is 0 Å². The summed E-state index contributed by atoms with van der Waals surface area (Å²) in [5.41, 5.74) is 2.05. The van der Waals surface area contributed by atoms with Crippen LogP contribution in [0.1, 0.15) is 43.0 Å². The van der Waals surface area contributed by atoms with Gasteiger partial charge >= 0.3 is 11.9 Å². The molecule has 0 N–H and O–H groups in total. The molecule has 0 saturated heterocycles. The first kappa shape index (κ1) is 20.0. The van der Waals surface area contributed by atoms with E-state index in [0.717, 1.165) is 11.3 Å². The van der Waals surface area contributed by atoms with Crippen LogP contribution in [0.15, 0.2) is 24.3 Å². The highest BCUT2D eigenvalue weighted by atomic mass is 35.5.